The first-order valence-electron chi connectivity index (χ1n) is 3.64. The Bertz CT molecular complexity index is 381. The van der Waals surface area contributed by atoms with Gasteiger partial charge in [-0.3, -0.25) is 4.79 Å². The molecule has 0 unspecified atom stereocenters. The highest BCUT2D eigenvalue weighted by molar-refractivity contribution is 6.34. The Labute approximate surface area is 91.2 Å². The van der Waals surface area contributed by atoms with Crippen molar-refractivity contribution < 1.29 is 4.79 Å². The number of carbonyl (C=O) groups is 1. The molecule has 0 spiro atoms. The highest BCUT2D eigenvalue weighted by atomic mass is 35.5. The predicted molar refractivity (Wildman–Crippen MR) is 55.7 cm³/mol. The van der Waals surface area contributed by atoms with Gasteiger partial charge in [0.15, 0.2) is 5.15 Å². The van der Waals surface area contributed by atoms with Crippen LogP contribution in [-0.2, 0) is 4.79 Å². The third-order valence-corrected chi connectivity index (χ3v) is 2.02. The summed E-state index contributed by atoms with van der Waals surface area (Å²) in [6.07, 6.45) is 2.55. The van der Waals surface area contributed by atoms with Crippen LogP contribution in [0.2, 0.25) is 10.4 Å². The molecule has 14 heavy (non-hydrogen) atoms. The summed E-state index contributed by atoms with van der Waals surface area (Å²) in [5.41, 5.74) is 0.390. The number of aromatic nitrogens is 2. The van der Waals surface area contributed by atoms with Crippen molar-refractivity contribution in [1.82, 2.24) is 9.97 Å². The smallest absolute Gasteiger partial charge is 0.250 e. The quantitative estimate of drug-likeness (QED) is 0.444. The third kappa shape index (κ3) is 2.21. The largest absolute Gasteiger partial charge is 0.308 e. The Kier molecular flexibility index (Phi) is 3.43. The van der Waals surface area contributed by atoms with E-state index in [2.05, 4.69) is 16.5 Å². The summed E-state index contributed by atoms with van der Waals surface area (Å²) in [6.45, 7) is 3.35. The van der Waals surface area contributed by atoms with Gasteiger partial charge in [0.25, 0.3) is 0 Å². The van der Waals surface area contributed by atoms with E-state index in [1.165, 1.54) is 17.2 Å². The van der Waals surface area contributed by atoms with Gasteiger partial charge in [-0.25, -0.2) is 9.97 Å². The summed E-state index contributed by atoms with van der Waals surface area (Å²) in [6, 6.07) is 0. The first kappa shape index (κ1) is 10.9. The lowest BCUT2D eigenvalue weighted by Crippen LogP contribution is -2.24. The third-order valence-electron chi connectivity index (χ3n) is 1.56. The average Bonchev–Trinajstić information content (AvgIpc) is 2.15. The van der Waals surface area contributed by atoms with Crippen LogP contribution in [0.3, 0.4) is 0 Å². The first-order valence-corrected chi connectivity index (χ1v) is 4.40. The van der Waals surface area contributed by atoms with E-state index in [-0.39, 0.29) is 16.3 Å². The zero-order chi connectivity index (χ0) is 10.7. The van der Waals surface area contributed by atoms with Gasteiger partial charge in [0.1, 0.15) is 0 Å². The summed E-state index contributed by atoms with van der Waals surface area (Å²) in [4.78, 5) is 19.9. The molecule has 0 radical (unpaired) electrons. The number of amides is 1. The van der Waals surface area contributed by atoms with Gasteiger partial charge in [0, 0.05) is 7.05 Å². The number of nitrogens with zero attached hydrogens (tertiary/aromatic N) is 3. The van der Waals surface area contributed by atoms with Crippen molar-refractivity contribution in [3.63, 3.8) is 0 Å². The molecule has 6 heteroatoms. The van der Waals surface area contributed by atoms with Crippen LogP contribution in [0, 0.1) is 0 Å². The molecule has 0 fully saturated rings. The molecule has 0 aliphatic rings. The number of rotatable bonds is 2. The summed E-state index contributed by atoms with van der Waals surface area (Å²) in [5, 5.41) is 0.168. The van der Waals surface area contributed by atoms with Gasteiger partial charge in [0.05, 0.1) is 11.9 Å². The number of hydrogen-bond acceptors (Lipinski definition) is 3. The van der Waals surface area contributed by atoms with Crippen LogP contribution < -0.4 is 4.90 Å². The average molecular weight is 232 g/mol. The molecule has 0 atom stereocenters. The van der Waals surface area contributed by atoms with E-state index in [4.69, 9.17) is 23.2 Å². The van der Waals surface area contributed by atoms with Gasteiger partial charge in [-0.15, -0.1) is 0 Å². The lowest BCUT2D eigenvalue weighted by molar-refractivity contribution is -0.113. The normalized spacial score (nSPS) is 9.64. The van der Waals surface area contributed by atoms with E-state index in [1.54, 1.807) is 7.05 Å². The Morgan fingerprint density at radius 3 is 2.79 bits per heavy atom. The predicted octanol–water partition coefficient (Wildman–Crippen LogP) is 1.93. The maximum Gasteiger partial charge on any atom is 0.250 e. The van der Waals surface area contributed by atoms with Gasteiger partial charge in [0.2, 0.25) is 11.2 Å². The molecule has 1 aromatic heterocycles. The van der Waals surface area contributed by atoms with Crippen LogP contribution >= 0.6 is 23.2 Å². The fourth-order valence-electron chi connectivity index (χ4n) is 0.815. The zero-order valence-corrected chi connectivity index (χ0v) is 8.88. The molecular formula is C8H7Cl2N3O. The van der Waals surface area contributed by atoms with Crippen molar-refractivity contribution in [2.45, 2.75) is 0 Å². The van der Waals surface area contributed by atoms with Crippen LogP contribution in [0.25, 0.3) is 0 Å². The molecule has 0 aliphatic heterocycles. The van der Waals surface area contributed by atoms with Crippen LogP contribution in [-0.4, -0.2) is 22.9 Å². The van der Waals surface area contributed by atoms with E-state index < -0.39 is 0 Å². The van der Waals surface area contributed by atoms with Crippen molar-refractivity contribution in [2.75, 3.05) is 11.9 Å². The maximum absolute atomic E-state index is 11.2. The molecule has 0 aliphatic carbocycles. The molecule has 1 heterocycles. The number of hydrogen-bond donors (Lipinski definition) is 0. The Hall–Kier alpha value is -1.13. The first-order chi connectivity index (χ1) is 6.56. The van der Waals surface area contributed by atoms with Crippen LogP contribution in [0.15, 0.2) is 18.9 Å². The Morgan fingerprint density at radius 1 is 1.64 bits per heavy atom. The van der Waals surface area contributed by atoms with Crippen LogP contribution in [0.4, 0.5) is 5.69 Å². The molecule has 0 saturated carbocycles. The molecule has 1 aromatic rings. The number of anilines is 1. The maximum atomic E-state index is 11.2. The molecule has 0 bridgehead atoms. The zero-order valence-electron chi connectivity index (χ0n) is 7.37. The molecule has 1 amide bonds. The molecule has 1 rings (SSSR count). The number of halogens is 2. The lowest BCUT2D eigenvalue weighted by Gasteiger charge is -2.15. The second kappa shape index (κ2) is 4.39. The lowest BCUT2D eigenvalue weighted by atomic mass is 10.4. The summed E-state index contributed by atoms with van der Waals surface area (Å²) in [7, 11) is 1.54. The molecule has 74 valence electrons. The molecule has 0 saturated heterocycles. The second-order valence-corrected chi connectivity index (χ2v) is 3.11. The minimum atomic E-state index is -0.294. The van der Waals surface area contributed by atoms with Gasteiger partial charge in [-0.2, -0.15) is 0 Å². The minimum absolute atomic E-state index is 0.0400. The molecule has 0 N–H and O–H groups in total. The molecule has 4 nitrogen and oxygen atoms in total. The SMILES string of the molecule is C=CC(=O)N(C)c1cnc(Cl)nc1Cl. The van der Waals surface area contributed by atoms with Gasteiger partial charge < -0.3 is 4.90 Å². The molecule has 0 aromatic carbocycles. The van der Waals surface area contributed by atoms with Crippen molar-refractivity contribution in [3.05, 3.63) is 29.3 Å². The van der Waals surface area contributed by atoms with E-state index in [0.717, 1.165) is 0 Å². The fraction of sp³-hybridized carbons (Fsp3) is 0.125. The topological polar surface area (TPSA) is 46.1 Å². The summed E-state index contributed by atoms with van der Waals surface area (Å²) < 4.78 is 0. The highest BCUT2D eigenvalue weighted by Gasteiger charge is 2.12. The number of likely N-dealkylation sites (N-methyl/N-ethyl adjacent to an activating group) is 1. The van der Waals surface area contributed by atoms with E-state index in [1.807, 2.05) is 0 Å². The number of carbonyl (C=O) groups excluding carboxylic acids is 1. The van der Waals surface area contributed by atoms with Crippen molar-refractivity contribution in [1.29, 1.82) is 0 Å². The van der Waals surface area contributed by atoms with Crippen molar-refractivity contribution >= 4 is 34.8 Å². The fourth-order valence-corrected chi connectivity index (χ4v) is 1.25. The van der Waals surface area contributed by atoms with Crippen molar-refractivity contribution in [2.24, 2.45) is 0 Å². The Balaban J connectivity index is 3.07. The molecular weight excluding hydrogens is 225 g/mol. The summed E-state index contributed by atoms with van der Waals surface area (Å²) in [5.74, 6) is -0.294. The van der Waals surface area contributed by atoms with Gasteiger partial charge in [-0.1, -0.05) is 18.2 Å². The highest BCUT2D eigenvalue weighted by Crippen LogP contribution is 2.22. The standard InChI is InChI=1S/C8H7Cl2N3O/c1-3-6(14)13(2)5-4-11-8(10)12-7(5)9/h3-4H,1H2,2H3. The summed E-state index contributed by atoms with van der Waals surface area (Å²) >= 11 is 11.3. The van der Waals surface area contributed by atoms with Gasteiger partial charge in [-0.05, 0) is 17.7 Å². The van der Waals surface area contributed by atoms with E-state index >= 15 is 0 Å². The minimum Gasteiger partial charge on any atom is -0.308 e. The van der Waals surface area contributed by atoms with Crippen LogP contribution in [0.5, 0.6) is 0 Å². The monoisotopic (exact) mass is 231 g/mol. The van der Waals surface area contributed by atoms with E-state index in [0.29, 0.717) is 5.69 Å². The van der Waals surface area contributed by atoms with E-state index in [9.17, 15) is 4.79 Å². The van der Waals surface area contributed by atoms with Gasteiger partial charge >= 0.3 is 0 Å². The second-order valence-electron chi connectivity index (χ2n) is 2.42. The van der Waals surface area contributed by atoms with Crippen molar-refractivity contribution in [3.8, 4) is 0 Å². The Morgan fingerprint density at radius 2 is 2.29 bits per heavy atom. The van der Waals surface area contributed by atoms with Crippen LogP contribution in [0.1, 0.15) is 0 Å².